The maximum absolute atomic E-state index is 5.77. The number of benzene rings is 1. The van der Waals surface area contributed by atoms with Gasteiger partial charge in [0.1, 0.15) is 11.5 Å². The van der Waals surface area contributed by atoms with Crippen LogP contribution in [0.25, 0.3) is 0 Å². The first-order valence-corrected chi connectivity index (χ1v) is 7.99. The molecule has 112 valence electrons. The molecule has 4 nitrogen and oxygen atoms in total. The second-order valence-corrected chi connectivity index (χ2v) is 6.41. The predicted molar refractivity (Wildman–Crippen MR) is 90.1 cm³/mol. The minimum absolute atomic E-state index is 0.116. The highest BCUT2D eigenvalue weighted by atomic mass is 79.9. The van der Waals surface area contributed by atoms with Crippen molar-refractivity contribution in [2.24, 2.45) is 5.73 Å². The summed E-state index contributed by atoms with van der Waals surface area (Å²) in [6, 6.07) is 7.59. The van der Waals surface area contributed by atoms with E-state index in [2.05, 4.69) is 36.8 Å². The molecular weight excluding hydrogens is 400 g/mol. The van der Waals surface area contributed by atoms with Crippen molar-refractivity contribution in [3.63, 3.8) is 0 Å². The van der Waals surface area contributed by atoms with Crippen molar-refractivity contribution in [1.82, 2.24) is 4.98 Å². The van der Waals surface area contributed by atoms with E-state index >= 15 is 0 Å². The van der Waals surface area contributed by atoms with E-state index in [-0.39, 0.29) is 6.04 Å². The summed E-state index contributed by atoms with van der Waals surface area (Å²) in [6.07, 6.45) is 2.58. The lowest BCUT2D eigenvalue weighted by molar-refractivity contribution is 0.408. The van der Waals surface area contributed by atoms with Gasteiger partial charge in [0.05, 0.1) is 16.1 Å². The van der Waals surface area contributed by atoms with Crippen molar-refractivity contribution in [1.29, 1.82) is 0 Å². The highest BCUT2D eigenvalue weighted by Crippen LogP contribution is 2.37. The van der Waals surface area contributed by atoms with Crippen LogP contribution in [0.3, 0.4) is 0 Å². The number of pyridine rings is 1. The van der Waals surface area contributed by atoms with Gasteiger partial charge in [0.2, 0.25) is 5.88 Å². The van der Waals surface area contributed by atoms with Crippen LogP contribution < -0.4 is 15.2 Å². The van der Waals surface area contributed by atoms with E-state index in [1.807, 2.05) is 31.2 Å². The Hall–Kier alpha value is -1.11. The van der Waals surface area contributed by atoms with Gasteiger partial charge in [-0.15, -0.1) is 0 Å². The fourth-order valence-electron chi connectivity index (χ4n) is 1.82. The Morgan fingerprint density at radius 2 is 1.86 bits per heavy atom. The Morgan fingerprint density at radius 1 is 1.19 bits per heavy atom. The summed E-state index contributed by atoms with van der Waals surface area (Å²) in [5.41, 5.74) is 6.86. The van der Waals surface area contributed by atoms with Gasteiger partial charge in [-0.2, -0.15) is 0 Å². The largest absolute Gasteiger partial charge is 0.496 e. The molecule has 0 fully saturated rings. The van der Waals surface area contributed by atoms with E-state index < -0.39 is 0 Å². The number of nitrogens with two attached hydrogens (primary N) is 1. The SMILES string of the molecule is COc1cc(Br)c(Oc2ccc(CC(C)N)cn2)cc1Br. The predicted octanol–water partition coefficient (Wildman–Crippen LogP) is 4.30. The van der Waals surface area contributed by atoms with Gasteiger partial charge < -0.3 is 15.2 Å². The lowest BCUT2D eigenvalue weighted by Crippen LogP contribution is -2.17. The zero-order valence-electron chi connectivity index (χ0n) is 11.8. The van der Waals surface area contributed by atoms with Crippen molar-refractivity contribution in [3.8, 4) is 17.4 Å². The van der Waals surface area contributed by atoms with Crippen LogP contribution in [0, 0.1) is 0 Å². The van der Waals surface area contributed by atoms with Gasteiger partial charge in [0.15, 0.2) is 0 Å². The molecular formula is C15H16Br2N2O2. The third-order valence-corrected chi connectivity index (χ3v) is 4.02. The number of halogens is 2. The number of methoxy groups -OCH3 is 1. The normalized spacial score (nSPS) is 12.0. The fourth-order valence-corrected chi connectivity index (χ4v) is 2.71. The Bertz CT molecular complexity index is 616. The minimum atomic E-state index is 0.116. The summed E-state index contributed by atoms with van der Waals surface area (Å²) >= 11 is 6.89. The highest BCUT2D eigenvalue weighted by molar-refractivity contribution is 9.11. The van der Waals surface area contributed by atoms with E-state index in [1.165, 1.54) is 0 Å². The third kappa shape index (κ3) is 4.43. The van der Waals surface area contributed by atoms with Gasteiger partial charge in [0.25, 0.3) is 0 Å². The summed E-state index contributed by atoms with van der Waals surface area (Å²) in [6.45, 7) is 1.97. The molecule has 0 radical (unpaired) electrons. The van der Waals surface area contributed by atoms with Crippen LogP contribution in [-0.4, -0.2) is 18.1 Å². The number of rotatable bonds is 5. The zero-order chi connectivity index (χ0) is 15.4. The van der Waals surface area contributed by atoms with Gasteiger partial charge in [-0.25, -0.2) is 4.98 Å². The van der Waals surface area contributed by atoms with Gasteiger partial charge in [-0.05, 0) is 62.9 Å². The molecule has 0 aliphatic carbocycles. The average Bonchev–Trinajstić information content (AvgIpc) is 2.44. The number of hydrogen-bond donors (Lipinski definition) is 1. The average molecular weight is 416 g/mol. The monoisotopic (exact) mass is 414 g/mol. The van der Waals surface area contributed by atoms with Gasteiger partial charge in [0, 0.05) is 18.3 Å². The molecule has 2 aromatic rings. The molecule has 0 bridgehead atoms. The molecule has 0 spiro atoms. The molecule has 1 unspecified atom stereocenters. The zero-order valence-corrected chi connectivity index (χ0v) is 14.9. The molecule has 1 atom stereocenters. The number of nitrogens with zero attached hydrogens (tertiary/aromatic N) is 1. The lowest BCUT2D eigenvalue weighted by atomic mass is 10.1. The molecule has 1 heterocycles. The van der Waals surface area contributed by atoms with Crippen LogP contribution in [0.1, 0.15) is 12.5 Å². The van der Waals surface area contributed by atoms with Crippen molar-refractivity contribution in [2.75, 3.05) is 7.11 Å². The fraction of sp³-hybridized carbons (Fsp3) is 0.267. The van der Waals surface area contributed by atoms with Crippen LogP contribution in [0.2, 0.25) is 0 Å². The molecule has 0 aliphatic heterocycles. The topological polar surface area (TPSA) is 57.4 Å². The molecule has 0 amide bonds. The second kappa shape index (κ2) is 7.24. The molecule has 0 saturated heterocycles. The van der Waals surface area contributed by atoms with Gasteiger partial charge in [-0.1, -0.05) is 6.07 Å². The van der Waals surface area contributed by atoms with E-state index in [9.17, 15) is 0 Å². The maximum atomic E-state index is 5.77. The van der Waals surface area contributed by atoms with E-state index in [0.717, 1.165) is 26.7 Å². The Morgan fingerprint density at radius 3 is 2.43 bits per heavy atom. The van der Waals surface area contributed by atoms with E-state index in [1.54, 1.807) is 13.3 Å². The maximum Gasteiger partial charge on any atom is 0.219 e. The Kier molecular flexibility index (Phi) is 5.61. The summed E-state index contributed by atoms with van der Waals surface area (Å²) in [5.74, 6) is 1.92. The van der Waals surface area contributed by atoms with Crippen molar-refractivity contribution < 1.29 is 9.47 Å². The first kappa shape index (κ1) is 16.3. The summed E-state index contributed by atoms with van der Waals surface area (Å²) in [7, 11) is 1.62. The Labute approximate surface area is 140 Å². The molecule has 21 heavy (non-hydrogen) atoms. The van der Waals surface area contributed by atoms with Crippen LogP contribution in [0.4, 0.5) is 0 Å². The number of aromatic nitrogens is 1. The van der Waals surface area contributed by atoms with Crippen LogP contribution in [0.15, 0.2) is 39.4 Å². The van der Waals surface area contributed by atoms with Gasteiger partial charge >= 0.3 is 0 Å². The smallest absolute Gasteiger partial charge is 0.219 e. The second-order valence-electron chi connectivity index (χ2n) is 4.71. The summed E-state index contributed by atoms with van der Waals surface area (Å²) < 4.78 is 12.6. The molecule has 6 heteroatoms. The minimum Gasteiger partial charge on any atom is -0.496 e. The molecule has 0 aliphatic rings. The standard InChI is InChI=1S/C15H16Br2N2O2/c1-9(18)5-10-3-4-15(19-8-10)21-14-7-11(16)13(20-2)6-12(14)17/h3-4,6-9H,5,18H2,1-2H3. The van der Waals surface area contributed by atoms with Crippen LogP contribution >= 0.6 is 31.9 Å². The molecule has 2 rings (SSSR count). The highest BCUT2D eigenvalue weighted by Gasteiger charge is 2.10. The van der Waals surface area contributed by atoms with E-state index in [4.69, 9.17) is 15.2 Å². The van der Waals surface area contributed by atoms with Crippen LogP contribution in [-0.2, 0) is 6.42 Å². The first-order valence-electron chi connectivity index (χ1n) is 6.41. The number of hydrogen-bond acceptors (Lipinski definition) is 4. The van der Waals surface area contributed by atoms with Crippen LogP contribution in [0.5, 0.6) is 17.4 Å². The van der Waals surface area contributed by atoms with Gasteiger partial charge in [-0.3, -0.25) is 0 Å². The summed E-state index contributed by atoms with van der Waals surface area (Å²) in [4.78, 5) is 4.30. The Balaban J connectivity index is 2.16. The van der Waals surface area contributed by atoms with Crippen molar-refractivity contribution >= 4 is 31.9 Å². The molecule has 1 aromatic carbocycles. The molecule has 1 aromatic heterocycles. The van der Waals surface area contributed by atoms with E-state index in [0.29, 0.717) is 11.6 Å². The van der Waals surface area contributed by atoms with Crippen molar-refractivity contribution in [2.45, 2.75) is 19.4 Å². The number of ether oxygens (including phenoxy) is 2. The first-order chi connectivity index (χ1) is 9.99. The lowest BCUT2D eigenvalue weighted by Gasteiger charge is -2.11. The molecule has 0 saturated carbocycles. The third-order valence-electron chi connectivity index (χ3n) is 2.78. The molecule has 2 N–H and O–H groups in total. The summed E-state index contributed by atoms with van der Waals surface area (Å²) in [5, 5.41) is 0. The quantitative estimate of drug-likeness (QED) is 0.790. The van der Waals surface area contributed by atoms with Crippen molar-refractivity contribution in [3.05, 3.63) is 45.0 Å².